The third kappa shape index (κ3) is 2.93. The largest absolute Gasteiger partial charge is 0.375 e. The first-order valence-electron chi connectivity index (χ1n) is 6.13. The van der Waals surface area contributed by atoms with Gasteiger partial charge in [0, 0.05) is 19.1 Å². The Hall–Kier alpha value is -0.650. The van der Waals surface area contributed by atoms with Gasteiger partial charge in [-0.05, 0) is 26.3 Å². The van der Waals surface area contributed by atoms with E-state index in [9.17, 15) is 4.79 Å². The molecule has 5 nitrogen and oxygen atoms in total. The van der Waals surface area contributed by atoms with Crippen LogP contribution in [0.3, 0.4) is 0 Å². The molecule has 0 aromatic carbocycles. The van der Waals surface area contributed by atoms with E-state index < -0.39 is 0 Å². The maximum Gasteiger partial charge on any atom is 0.240 e. The van der Waals surface area contributed by atoms with E-state index in [1.165, 1.54) is 0 Å². The van der Waals surface area contributed by atoms with Crippen molar-refractivity contribution in [1.29, 1.82) is 0 Å². The Labute approximate surface area is 96.3 Å². The van der Waals surface area contributed by atoms with Crippen molar-refractivity contribution in [1.82, 2.24) is 16.0 Å². The molecule has 3 N–H and O–H groups in total. The minimum absolute atomic E-state index is 0.0368. The fraction of sp³-hybridized carbons (Fsp3) is 0.909. The molecule has 5 heteroatoms. The number of carbonyl (C=O) groups excluding carboxylic acids is 1. The minimum Gasteiger partial charge on any atom is -0.375 e. The summed E-state index contributed by atoms with van der Waals surface area (Å²) in [6.07, 6.45) is 2.17. The second kappa shape index (κ2) is 5.61. The summed E-state index contributed by atoms with van der Waals surface area (Å²) >= 11 is 0. The average molecular weight is 227 g/mol. The zero-order valence-corrected chi connectivity index (χ0v) is 9.79. The molecule has 0 aliphatic carbocycles. The number of hydrogen-bond donors (Lipinski definition) is 3. The van der Waals surface area contributed by atoms with Crippen molar-refractivity contribution in [2.75, 3.05) is 26.2 Å². The SMILES string of the molecule is C[C@H]1OCCN[C@@H]1C(=O)N[C@H]1CCCNC1. The molecule has 2 heterocycles. The summed E-state index contributed by atoms with van der Waals surface area (Å²) < 4.78 is 5.46. The molecule has 0 radical (unpaired) electrons. The van der Waals surface area contributed by atoms with E-state index in [-0.39, 0.29) is 24.1 Å². The van der Waals surface area contributed by atoms with Crippen LogP contribution >= 0.6 is 0 Å². The molecule has 16 heavy (non-hydrogen) atoms. The lowest BCUT2D eigenvalue weighted by Gasteiger charge is -2.32. The summed E-state index contributed by atoms with van der Waals surface area (Å²) in [6.45, 7) is 5.33. The van der Waals surface area contributed by atoms with Crippen LogP contribution in [0.2, 0.25) is 0 Å². The van der Waals surface area contributed by atoms with Gasteiger partial charge in [-0.25, -0.2) is 0 Å². The lowest BCUT2D eigenvalue weighted by molar-refractivity contribution is -0.129. The van der Waals surface area contributed by atoms with Gasteiger partial charge < -0.3 is 20.7 Å². The summed E-state index contributed by atoms with van der Waals surface area (Å²) in [5.74, 6) is 0.0703. The third-order valence-electron chi connectivity index (χ3n) is 3.24. The van der Waals surface area contributed by atoms with Gasteiger partial charge in [-0.1, -0.05) is 0 Å². The maximum absolute atomic E-state index is 12.0. The van der Waals surface area contributed by atoms with Crippen LogP contribution in [0.25, 0.3) is 0 Å². The van der Waals surface area contributed by atoms with Gasteiger partial charge in [0.25, 0.3) is 0 Å². The molecule has 2 aliphatic heterocycles. The minimum atomic E-state index is -0.198. The number of rotatable bonds is 2. The van der Waals surface area contributed by atoms with Crippen LogP contribution in [0.4, 0.5) is 0 Å². The Kier molecular flexibility index (Phi) is 4.15. The standard InChI is InChI=1S/C11H21N3O2/c1-8-10(13-5-6-16-8)11(15)14-9-3-2-4-12-7-9/h8-10,12-13H,2-7H2,1H3,(H,14,15)/t8-,9+,10+/m1/s1. The number of carbonyl (C=O) groups is 1. The fourth-order valence-electron chi connectivity index (χ4n) is 2.29. The summed E-state index contributed by atoms with van der Waals surface area (Å²) in [5, 5.41) is 9.56. The molecule has 0 saturated carbocycles. The zero-order valence-electron chi connectivity index (χ0n) is 9.79. The number of hydrogen-bond acceptors (Lipinski definition) is 4. The fourth-order valence-corrected chi connectivity index (χ4v) is 2.29. The van der Waals surface area contributed by atoms with E-state index >= 15 is 0 Å². The second-order valence-electron chi connectivity index (χ2n) is 4.56. The van der Waals surface area contributed by atoms with Crippen molar-refractivity contribution in [3.8, 4) is 0 Å². The molecule has 0 aromatic rings. The normalized spacial score (nSPS) is 35.7. The van der Waals surface area contributed by atoms with Crippen LogP contribution in [0, 0.1) is 0 Å². The number of nitrogens with one attached hydrogen (secondary N) is 3. The number of piperidine rings is 1. The van der Waals surface area contributed by atoms with E-state index in [0.717, 1.165) is 32.5 Å². The predicted octanol–water partition coefficient (Wildman–Crippen LogP) is -0.768. The highest BCUT2D eigenvalue weighted by Crippen LogP contribution is 2.06. The van der Waals surface area contributed by atoms with E-state index in [2.05, 4.69) is 16.0 Å². The predicted molar refractivity (Wildman–Crippen MR) is 61.2 cm³/mol. The van der Waals surface area contributed by atoms with E-state index in [1.807, 2.05) is 6.92 Å². The van der Waals surface area contributed by atoms with Gasteiger partial charge in [-0.15, -0.1) is 0 Å². The molecule has 1 amide bonds. The van der Waals surface area contributed by atoms with Crippen LogP contribution < -0.4 is 16.0 Å². The maximum atomic E-state index is 12.0. The molecule has 92 valence electrons. The molecular weight excluding hydrogens is 206 g/mol. The van der Waals surface area contributed by atoms with Gasteiger partial charge in [-0.3, -0.25) is 4.79 Å². The first-order chi connectivity index (χ1) is 7.77. The highest BCUT2D eigenvalue weighted by Gasteiger charge is 2.29. The Morgan fingerprint density at radius 3 is 3.00 bits per heavy atom. The third-order valence-corrected chi connectivity index (χ3v) is 3.24. The number of amides is 1. The van der Waals surface area contributed by atoms with Crippen molar-refractivity contribution in [2.45, 2.75) is 38.0 Å². The van der Waals surface area contributed by atoms with E-state index in [0.29, 0.717) is 6.61 Å². The van der Waals surface area contributed by atoms with Crippen LogP contribution in [-0.2, 0) is 9.53 Å². The molecule has 2 saturated heterocycles. The lowest BCUT2D eigenvalue weighted by atomic mass is 10.1. The number of morpholine rings is 1. The summed E-state index contributed by atoms with van der Waals surface area (Å²) in [4.78, 5) is 12.0. The van der Waals surface area contributed by atoms with Crippen LogP contribution in [0.5, 0.6) is 0 Å². The van der Waals surface area contributed by atoms with Crippen molar-refractivity contribution < 1.29 is 9.53 Å². The van der Waals surface area contributed by atoms with Crippen LogP contribution in [0.15, 0.2) is 0 Å². The average Bonchev–Trinajstić information content (AvgIpc) is 2.31. The summed E-state index contributed by atoms with van der Waals surface area (Å²) in [7, 11) is 0. The molecule has 3 atom stereocenters. The molecule has 0 spiro atoms. The Balaban J connectivity index is 1.81. The Bertz CT molecular complexity index is 241. The van der Waals surface area contributed by atoms with Gasteiger partial charge in [0.15, 0.2) is 0 Å². The molecule has 0 bridgehead atoms. The lowest BCUT2D eigenvalue weighted by Crippen LogP contribution is -2.58. The van der Waals surface area contributed by atoms with Crippen molar-refractivity contribution in [3.05, 3.63) is 0 Å². The monoisotopic (exact) mass is 227 g/mol. The van der Waals surface area contributed by atoms with Crippen LogP contribution in [-0.4, -0.2) is 50.3 Å². The van der Waals surface area contributed by atoms with Crippen molar-refractivity contribution >= 4 is 5.91 Å². The first kappa shape index (κ1) is 11.8. The molecule has 0 aromatic heterocycles. The second-order valence-corrected chi connectivity index (χ2v) is 4.56. The van der Waals surface area contributed by atoms with Crippen molar-refractivity contribution in [3.63, 3.8) is 0 Å². The smallest absolute Gasteiger partial charge is 0.240 e. The van der Waals surface area contributed by atoms with Gasteiger partial charge in [0.2, 0.25) is 5.91 Å². The molecule has 0 unspecified atom stereocenters. The molecule has 2 rings (SSSR count). The zero-order chi connectivity index (χ0) is 11.4. The summed E-state index contributed by atoms with van der Waals surface area (Å²) in [5.41, 5.74) is 0. The summed E-state index contributed by atoms with van der Waals surface area (Å²) in [6, 6.07) is 0.0767. The van der Waals surface area contributed by atoms with Gasteiger partial charge in [0.05, 0.1) is 12.7 Å². The van der Waals surface area contributed by atoms with E-state index in [4.69, 9.17) is 4.74 Å². The quantitative estimate of drug-likeness (QED) is 0.580. The molecule has 2 fully saturated rings. The molecular formula is C11H21N3O2. The van der Waals surface area contributed by atoms with Crippen molar-refractivity contribution in [2.24, 2.45) is 0 Å². The topological polar surface area (TPSA) is 62.4 Å². The Morgan fingerprint density at radius 2 is 2.31 bits per heavy atom. The number of ether oxygens (including phenoxy) is 1. The van der Waals surface area contributed by atoms with Gasteiger partial charge in [0.1, 0.15) is 6.04 Å². The Morgan fingerprint density at radius 1 is 1.44 bits per heavy atom. The van der Waals surface area contributed by atoms with Gasteiger partial charge in [-0.2, -0.15) is 0 Å². The highest BCUT2D eigenvalue weighted by molar-refractivity contribution is 5.82. The van der Waals surface area contributed by atoms with Crippen LogP contribution in [0.1, 0.15) is 19.8 Å². The molecule has 2 aliphatic rings. The van der Waals surface area contributed by atoms with Gasteiger partial charge >= 0.3 is 0 Å². The highest BCUT2D eigenvalue weighted by atomic mass is 16.5. The van der Waals surface area contributed by atoms with E-state index in [1.54, 1.807) is 0 Å². The first-order valence-corrected chi connectivity index (χ1v) is 6.13.